The molecular weight excluding hydrogens is 446 g/mol. The molecule has 0 radical (unpaired) electrons. The first-order valence-electron chi connectivity index (χ1n) is 9.22. The minimum Gasteiger partial charge on any atom is -0.450 e. The Kier molecular flexibility index (Phi) is 9.11. The summed E-state index contributed by atoms with van der Waals surface area (Å²) in [6, 6.07) is 6.53. The summed E-state index contributed by atoms with van der Waals surface area (Å²) in [4.78, 5) is 40.8. The van der Waals surface area contributed by atoms with E-state index < -0.39 is 6.04 Å². The molecule has 3 amide bonds. The number of nitrogens with zero attached hydrogens (tertiary/aromatic N) is 2. The van der Waals surface area contributed by atoms with E-state index in [-0.39, 0.29) is 17.9 Å². The molecule has 1 aliphatic rings. The second-order valence-electron chi connectivity index (χ2n) is 6.30. The molecule has 154 valence electrons. The zero-order valence-corrected chi connectivity index (χ0v) is 18.6. The molecule has 1 aliphatic heterocycles. The van der Waals surface area contributed by atoms with Gasteiger partial charge in [0.15, 0.2) is 0 Å². The largest absolute Gasteiger partial charge is 0.450 e. The summed E-state index contributed by atoms with van der Waals surface area (Å²) in [5.41, 5.74) is 0.497. The Hall–Kier alpha value is -1.74. The van der Waals surface area contributed by atoms with Gasteiger partial charge in [-0.2, -0.15) is 11.8 Å². The second kappa shape index (κ2) is 11.3. The standard InChI is InChI=1S/C19H26BrN3O4S/c1-3-27-19(26)23-11-9-22(10-12-23)18(25)16(8-13-28-2)21-17(24)14-6-4-5-7-15(14)20/h4-7,16H,3,8-13H2,1-2H3,(H,21,24). The summed E-state index contributed by atoms with van der Waals surface area (Å²) < 4.78 is 5.70. The van der Waals surface area contributed by atoms with Crippen LogP contribution in [-0.2, 0) is 9.53 Å². The Morgan fingerprint density at radius 2 is 1.82 bits per heavy atom. The number of thioether (sulfide) groups is 1. The van der Waals surface area contributed by atoms with Crippen LogP contribution in [-0.4, -0.2) is 78.5 Å². The number of benzene rings is 1. The number of amides is 3. The van der Waals surface area contributed by atoms with Gasteiger partial charge in [-0.05, 0) is 53.4 Å². The molecule has 0 bridgehead atoms. The lowest BCUT2D eigenvalue weighted by atomic mass is 10.1. The van der Waals surface area contributed by atoms with Gasteiger partial charge in [0.2, 0.25) is 5.91 Å². The molecule has 1 aromatic carbocycles. The number of hydrogen-bond acceptors (Lipinski definition) is 5. The Balaban J connectivity index is 2.00. The van der Waals surface area contributed by atoms with E-state index in [1.54, 1.807) is 46.7 Å². The first kappa shape index (κ1) is 22.5. The van der Waals surface area contributed by atoms with Crippen LogP contribution in [0.2, 0.25) is 0 Å². The Bertz CT molecular complexity index is 696. The van der Waals surface area contributed by atoms with Gasteiger partial charge in [-0.3, -0.25) is 9.59 Å². The average Bonchev–Trinajstić information content (AvgIpc) is 2.71. The highest BCUT2D eigenvalue weighted by Gasteiger charge is 2.30. The van der Waals surface area contributed by atoms with Crippen LogP contribution in [0.15, 0.2) is 28.7 Å². The second-order valence-corrected chi connectivity index (χ2v) is 8.14. The first-order chi connectivity index (χ1) is 13.5. The number of rotatable bonds is 7. The smallest absolute Gasteiger partial charge is 0.409 e. The third kappa shape index (κ3) is 6.13. The van der Waals surface area contributed by atoms with Gasteiger partial charge >= 0.3 is 6.09 Å². The maximum Gasteiger partial charge on any atom is 0.409 e. The van der Waals surface area contributed by atoms with Crippen molar-refractivity contribution in [3.63, 3.8) is 0 Å². The van der Waals surface area contributed by atoms with Crippen LogP contribution in [0.25, 0.3) is 0 Å². The summed E-state index contributed by atoms with van der Waals surface area (Å²) in [6.07, 6.45) is 2.17. The number of ether oxygens (including phenoxy) is 1. The highest BCUT2D eigenvalue weighted by molar-refractivity contribution is 9.10. The van der Waals surface area contributed by atoms with Gasteiger partial charge in [-0.15, -0.1) is 0 Å². The number of nitrogens with one attached hydrogen (secondary N) is 1. The van der Waals surface area contributed by atoms with Crippen molar-refractivity contribution in [2.75, 3.05) is 44.8 Å². The minimum absolute atomic E-state index is 0.113. The van der Waals surface area contributed by atoms with Crippen molar-refractivity contribution in [2.45, 2.75) is 19.4 Å². The summed E-state index contributed by atoms with van der Waals surface area (Å²) in [5.74, 6) is 0.366. The van der Waals surface area contributed by atoms with Gasteiger partial charge in [0.05, 0.1) is 12.2 Å². The van der Waals surface area contributed by atoms with Crippen LogP contribution in [0.4, 0.5) is 4.79 Å². The van der Waals surface area contributed by atoms with Crippen LogP contribution < -0.4 is 5.32 Å². The lowest BCUT2D eigenvalue weighted by molar-refractivity contribution is -0.134. The molecule has 2 rings (SSSR count). The van der Waals surface area contributed by atoms with Crippen molar-refractivity contribution in [1.29, 1.82) is 0 Å². The summed E-state index contributed by atoms with van der Waals surface area (Å²) >= 11 is 5.01. The number of halogens is 1. The van der Waals surface area contributed by atoms with E-state index in [9.17, 15) is 14.4 Å². The molecule has 1 aromatic rings. The van der Waals surface area contributed by atoms with E-state index in [0.29, 0.717) is 49.2 Å². The molecule has 0 saturated carbocycles. The third-order valence-corrected chi connectivity index (χ3v) is 5.79. The summed E-state index contributed by atoms with van der Waals surface area (Å²) in [5, 5.41) is 2.88. The fourth-order valence-electron chi connectivity index (χ4n) is 2.92. The van der Waals surface area contributed by atoms with Gasteiger partial charge in [-0.25, -0.2) is 4.79 Å². The fourth-order valence-corrected chi connectivity index (χ4v) is 3.86. The molecule has 1 saturated heterocycles. The molecule has 28 heavy (non-hydrogen) atoms. The molecule has 1 heterocycles. The topological polar surface area (TPSA) is 79.0 Å². The zero-order valence-electron chi connectivity index (χ0n) is 16.2. The van der Waals surface area contributed by atoms with E-state index in [1.807, 2.05) is 12.3 Å². The van der Waals surface area contributed by atoms with E-state index >= 15 is 0 Å². The lowest BCUT2D eigenvalue weighted by Crippen LogP contribution is -2.56. The van der Waals surface area contributed by atoms with Crippen LogP contribution in [0.3, 0.4) is 0 Å². The van der Waals surface area contributed by atoms with Crippen LogP contribution in [0, 0.1) is 0 Å². The van der Waals surface area contributed by atoms with E-state index in [1.165, 1.54) is 0 Å². The Morgan fingerprint density at radius 1 is 1.18 bits per heavy atom. The molecule has 1 fully saturated rings. The normalized spacial score (nSPS) is 15.1. The molecular formula is C19H26BrN3O4S. The lowest BCUT2D eigenvalue weighted by Gasteiger charge is -2.36. The highest BCUT2D eigenvalue weighted by atomic mass is 79.9. The van der Waals surface area contributed by atoms with E-state index in [0.717, 1.165) is 5.75 Å². The van der Waals surface area contributed by atoms with Crippen LogP contribution in [0.1, 0.15) is 23.7 Å². The van der Waals surface area contributed by atoms with Gasteiger partial charge in [0.25, 0.3) is 5.91 Å². The quantitative estimate of drug-likeness (QED) is 0.660. The number of piperazine rings is 1. The molecule has 0 spiro atoms. The first-order valence-corrected chi connectivity index (χ1v) is 11.4. The predicted molar refractivity (Wildman–Crippen MR) is 114 cm³/mol. The molecule has 0 aliphatic carbocycles. The van der Waals surface area contributed by atoms with Crippen molar-refractivity contribution in [2.24, 2.45) is 0 Å². The van der Waals surface area contributed by atoms with Gasteiger partial charge < -0.3 is 19.9 Å². The number of carbonyl (C=O) groups excluding carboxylic acids is 3. The van der Waals surface area contributed by atoms with Gasteiger partial charge in [0.1, 0.15) is 6.04 Å². The zero-order chi connectivity index (χ0) is 20.5. The molecule has 1 N–H and O–H groups in total. The molecule has 7 nitrogen and oxygen atoms in total. The average molecular weight is 472 g/mol. The third-order valence-electron chi connectivity index (χ3n) is 4.45. The van der Waals surface area contributed by atoms with Crippen molar-refractivity contribution in [1.82, 2.24) is 15.1 Å². The van der Waals surface area contributed by atoms with Crippen LogP contribution >= 0.6 is 27.7 Å². The van der Waals surface area contributed by atoms with Crippen molar-refractivity contribution in [3.05, 3.63) is 34.3 Å². The molecule has 0 aromatic heterocycles. The highest BCUT2D eigenvalue weighted by Crippen LogP contribution is 2.17. The fraction of sp³-hybridized carbons (Fsp3) is 0.526. The summed E-state index contributed by atoms with van der Waals surface area (Å²) in [6.45, 7) is 3.81. The minimum atomic E-state index is -0.596. The van der Waals surface area contributed by atoms with Gasteiger partial charge in [-0.1, -0.05) is 12.1 Å². The predicted octanol–water partition coefficient (Wildman–Crippen LogP) is 2.60. The number of hydrogen-bond donors (Lipinski definition) is 1. The van der Waals surface area contributed by atoms with E-state index in [2.05, 4.69) is 21.2 Å². The SMILES string of the molecule is CCOC(=O)N1CCN(C(=O)C(CCSC)NC(=O)c2ccccc2Br)CC1. The maximum absolute atomic E-state index is 13.0. The van der Waals surface area contributed by atoms with E-state index in [4.69, 9.17) is 4.74 Å². The van der Waals surface area contributed by atoms with Crippen molar-refractivity contribution < 1.29 is 19.1 Å². The Labute approximate surface area is 178 Å². The maximum atomic E-state index is 13.0. The Morgan fingerprint density at radius 3 is 2.43 bits per heavy atom. The van der Waals surface area contributed by atoms with Crippen molar-refractivity contribution >= 4 is 45.6 Å². The van der Waals surface area contributed by atoms with Crippen molar-refractivity contribution in [3.8, 4) is 0 Å². The monoisotopic (exact) mass is 471 g/mol. The number of carbonyl (C=O) groups is 3. The molecule has 1 atom stereocenters. The molecule has 1 unspecified atom stereocenters. The molecule has 9 heteroatoms. The van der Waals surface area contributed by atoms with Gasteiger partial charge in [0, 0.05) is 30.7 Å². The summed E-state index contributed by atoms with van der Waals surface area (Å²) in [7, 11) is 0. The van der Waals surface area contributed by atoms with Crippen LogP contribution in [0.5, 0.6) is 0 Å².